The Balaban J connectivity index is 0.00000625. The van der Waals surface area contributed by atoms with Gasteiger partial charge in [0.05, 0.1) is 46.9 Å². The van der Waals surface area contributed by atoms with E-state index in [-0.39, 0.29) is 46.5 Å². The summed E-state index contributed by atoms with van der Waals surface area (Å²) in [4.78, 5) is 46.4. The summed E-state index contributed by atoms with van der Waals surface area (Å²) < 4.78 is 33.8. The Morgan fingerprint density at radius 2 is 1.85 bits per heavy atom. The molecule has 0 aliphatic carbocycles. The van der Waals surface area contributed by atoms with E-state index in [1.54, 1.807) is 18.2 Å². The van der Waals surface area contributed by atoms with Crippen LogP contribution in [0.15, 0.2) is 71.5 Å². The number of aliphatic carboxylic acids is 1. The van der Waals surface area contributed by atoms with Gasteiger partial charge in [0.1, 0.15) is 35.7 Å². The maximum atomic E-state index is 12.8. The molecule has 0 saturated heterocycles. The molecular weight excluding hydrogens is 669 g/mol. The number of carbonyl (C=O) groups excluding carboxylic acids is 3. The minimum atomic E-state index is -4.30. The maximum Gasteiger partial charge on any atom is 1.00 e. The van der Waals surface area contributed by atoms with Crippen molar-refractivity contribution >= 4 is 39.2 Å². The average Bonchev–Trinajstić information content (AvgIpc) is 3.53. The molecule has 0 unspecified atom stereocenters. The van der Waals surface area contributed by atoms with E-state index in [0.29, 0.717) is 0 Å². The molecule has 2 aromatic carbocycles. The molecule has 19 nitrogen and oxygen atoms in total. The van der Waals surface area contributed by atoms with Crippen LogP contribution in [0.3, 0.4) is 0 Å². The summed E-state index contributed by atoms with van der Waals surface area (Å²) in [6.45, 7) is -0.502. The molecule has 5 atom stereocenters. The van der Waals surface area contributed by atoms with E-state index in [1.165, 1.54) is 18.3 Å². The minimum Gasteiger partial charge on any atom is -0.542 e. The van der Waals surface area contributed by atoms with Crippen molar-refractivity contribution in [2.75, 3.05) is 18.5 Å². The average molecular weight is 698 g/mol. The van der Waals surface area contributed by atoms with Gasteiger partial charge in [-0.15, -0.1) is 5.10 Å². The zero-order valence-corrected chi connectivity index (χ0v) is 28.1. The molecule has 250 valence electrons. The number of aromatic nitrogens is 3. The van der Waals surface area contributed by atoms with Crippen molar-refractivity contribution in [1.29, 1.82) is 0 Å². The van der Waals surface area contributed by atoms with Gasteiger partial charge in [0.25, 0.3) is 5.69 Å². The Labute approximate surface area is 294 Å². The number of rotatable bonds is 13. The van der Waals surface area contributed by atoms with E-state index in [9.17, 15) is 53.3 Å². The van der Waals surface area contributed by atoms with E-state index in [4.69, 9.17) is 4.74 Å². The monoisotopic (exact) mass is 697 g/mol. The van der Waals surface area contributed by atoms with Crippen molar-refractivity contribution in [2.24, 2.45) is 0 Å². The molecule has 0 radical (unpaired) electrons. The number of aliphatic hydroxyl groups excluding tert-OH is 3. The Hall–Kier alpha value is -4.28. The number of nitro groups is 1. The van der Waals surface area contributed by atoms with E-state index < -0.39 is 92.6 Å². The number of sulfonamides is 1. The van der Waals surface area contributed by atoms with Crippen molar-refractivity contribution in [1.82, 2.24) is 25.0 Å². The molecular formula is C27H28N7NaO12S. The number of benzene rings is 2. The first kappa shape index (κ1) is 38.2. The van der Waals surface area contributed by atoms with Gasteiger partial charge in [-0.3, -0.25) is 19.7 Å². The zero-order chi connectivity index (χ0) is 34.5. The fourth-order valence-electron chi connectivity index (χ4n) is 4.64. The predicted octanol–water partition coefficient (Wildman–Crippen LogP) is -5.43. The van der Waals surface area contributed by atoms with Gasteiger partial charge in [0, 0.05) is 24.6 Å². The summed E-state index contributed by atoms with van der Waals surface area (Å²) >= 11 is 0. The number of hydrogen-bond acceptors (Lipinski definition) is 14. The van der Waals surface area contributed by atoms with Crippen LogP contribution in [-0.4, -0.2) is 98.9 Å². The Morgan fingerprint density at radius 3 is 2.50 bits per heavy atom. The third-order valence-electron chi connectivity index (χ3n) is 6.85. The quantitative estimate of drug-likeness (QED) is 0.0552. The molecule has 4 rings (SSSR count). The molecule has 1 aliphatic rings. The number of para-hydroxylation sites is 1. The molecule has 2 heterocycles. The maximum absolute atomic E-state index is 12.8. The van der Waals surface area contributed by atoms with E-state index >= 15 is 0 Å². The van der Waals surface area contributed by atoms with Crippen LogP contribution in [0.1, 0.15) is 13.0 Å². The summed E-state index contributed by atoms with van der Waals surface area (Å²) in [6, 6.07) is 8.03. The summed E-state index contributed by atoms with van der Waals surface area (Å²) in [7, 11) is -4.30. The van der Waals surface area contributed by atoms with E-state index in [2.05, 4.69) is 25.7 Å². The molecule has 21 heteroatoms. The van der Waals surface area contributed by atoms with Crippen LogP contribution in [0, 0.1) is 10.1 Å². The Bertz CT molecular complexity index is 1820. The van der Waals surface area contributed by atoms with Crippen LogP contribution in [0.25, 0.3) is 11.3 Å². The number of nitro benzene ring substituents is 1. The Kier molecular flexibility index (Phi) is 12.9. The first-order valence-electron chi connectivity index (χ1n) is 13.6. The molecule has 2 amide bonds. The number of carboxylic acid groups (broad SMARTS) is 1. The third kappa shape index (κ3) is 8.99. The number of carboxylic acids is 1. The topological polar surface area (TPSA) is 288 Å². The summed E-state index contributed by atoms with van der Waals surface area (Å²) in [6.07, 6.45) is -2.85. The number of hydrogen-bond donors (Lipinski definition) is 6. The summed E-state index contributed by atoms with van der Waals surface area (Å²) in [5.41, 5.74) is 0.120. The van der Waals surface area contributed by atoms with Crippen molar-refractivity contribution in [3.05, 3.63) is 76.7 Å². The number of anilines is 1. The van der Waals surface area contributed by atoms with Crippen molar-refractivity contribution in [3.8, 4) is 11.3 Å². The van der Waals surface area contributed by atoms with Crippen LogP contribution in [0.2, 0.25) is 0 Å². The van der Waals surface area contributed by atoms with Crippen molar-refractivity contribution in [3.63, 3.8) is 0 Å². The summed E-state index contributed by atoms with van der Waals surface area (Å²) in [5.74, 6) is -3.95. The van der Waals surface area contributed by atoms with E-state index in [0.717, 1.165) is 35.9 Å². The number of carbonyl (C=O) groups is 3. The SMILES string of the molecule is CC(=O)N[C@H]1[C@H]([C@H](O)[C@H](O)CO)OC(C(=O)[O-])=C[C@@H]1n1cc(-c2ccccc2NC(=O)CNS(=O)(=O)c2cccc([N+](=O)[O-])c2)nn1.[Na+]. The molecule has 0 bridgehead atoms. The smallest absolute Gasteiger partial charge is 0.542 e. The van der Waals surface area contributed by atoms with Gasteiger partial charge in [0.15, 0.2) is 0 Å². The normalized spacial score (nSPS) is 18.7. The zero-order valence-electron chi connectivity index (χ0n) is 25.3. The van der Waals surface area contributed by atoms with Gasteiger partial charge in [-0.1, -0.05) is 29.5 Å². The number of aliphatic hydroxyl groups is 3. The number of ether oxygens (including phenoxy) is 1. The molecule has 0 saturated carbocycles. The molecule has 6 N–H and O–H groups in total. The van der Waals surface area contributed by atoms with Crippen LogP contribution >= 0.6 is 0 Å². The van der Waals surface area contributed by atoms with Crippen LogP contribution < -0.4 is 50.0 Å². The van der Waals surface area contributed by atoms with E-state index in [1.807, 2.05) is 0 Å². The van der Waals surface area contributed by atoms with Crippen LogP contribution in [0.5, 0.6) is 0 Å². The van der Waals surface area contributed by atoms with Crippen LogP contribution in [-0.2, 0) is 29.1 Å². The third-order valence-corrected chi connectivity index (χ3v) is 8.25. The van der Waals surface area contributed by atoms with Gasteiger partial charge in [-0.25, -0.2) is 17.8 Å². The minimum absolute atomic E-state index is 0. The second kappa shape index (κ2) is 16.2. The molecule has 1 aromatic heterocycles. The van der Waals surface area contributed by atoms with Gasteiger partial charge in [-0.05, 0) is 18.2 Å². The van der Waals surface area contributed by atoms with Gasteiger partial charge in [0.2, 0.25) is 21.8 Å². The number of amides is 2. The number of non-ortho nitro benzene ring substituents is 1. The second-order valence-corrected chi connectivity index (χ2v) is 11.9. The summed E-state index contributed by atoms with van der Waals surface area (Å²) in [5, 5.41) is 65.9. The second-order valence-electron chi connectivity index (χ2n) is 10.1. The van der Waals surface area contributed by atoms with Crippen molar-refractivity contribution < 1.29 is 82.4 Å². The van der Waals surface area contributed by atoms with Crippen molar-refractivity contribution in [2.45, 2.75) is 42.2 Å². The standard InChI is InChI=1S/C27H29N7O12S.Na/c1-14(36)29-24-20(10-22(27(40)41)46-26(24)25(39)21(37)13-35)33-12-19(31-32-33)17-7-2-3-8-18(17)30-23(38)11-28-47(44,45)16-6-4-5-15(9-16)34(42)43;/h2-10,12,20-21,24-26,28,35,37,39H,11,13H2,1H3,(H,29,36)(H,30,38)(H,40,41);/q;+1/p-1/t20-,21+,24+,25+,26+;/m0./s1. The number of nitrogens with one attached hydrogen (secondary N) is 3. The van der Waals surface area contributed by atoms with Gasteiger partial charge in [-0.2, -0.15) is 0 Å². The first-order valence-corrected chi connectivity index (χ1v) is 15.1. The van der Waals surface area contributed by atoms with Crippen LogP contribution in [0.4, 0.5) is 11.4 Å². The van der Waals surface area contributed by atoms with Gasteiger partial charge >= 0.3 is 29.6 Å². The Morgan fingerprint density at radius 1 is 1.15 bits per heavy atom. The largest absolute Gasteiger partial charge is 1.00 e. The van der Waals surface area contributed by atoms with Gasteiger partial charge < -0.3 is 40.6 Å². The molecule has 0 spiro atoms. The number of nitrogens with zero attached hydrogens (tertiary/aromatic N) is 4. The first-order chi connectivity index (χ1) is 22.2. The fraction of sp³-hybridized carbons (Fsp3) is 0.296. The predicted molar refractivity (Wildman–Crippen MR) is 156 cm³/mol. The molecule has 48 heavy (non-hydrogen) atoms. The fourth-order valence-corrected chi connectivity index (χ4v) is 5.67. The molecule has 0 fully saturated rings. The molecule has 1 aliphatic heterocycles. The molecule has 3 aromatic rings.